The van der Waals surface area contributed by atoms with Gasteiger partial charge in [-0.25, -0.2) is 9.38 Å². The summed E-state index contributed by atoms with van der Waals surface area (Å²) in [6.07, 6.45) is 1.74. The molecule has 0 aliphatic carbocycles. The van der Waals surface area contributed by atoms with Crippen molar-refractivity contribution in [3.8, 4) is 11.3 Å². The molecule has 5 aromatic rings. The molecule has 2 aromatic carbocycles. The van der Waals surface area contributed by atoms with Crippen molar-refractivity contribution in [1.29, 1.82) is 0 Å². The van der Waals surface area contributed by atoms with E-state index in [-0.39, 0.29) is 5.56 Å². The number of hydrogen-bond donors (Lipinski definition) is 0. The van der Waals surface area contributed by atoms with Gasteiger partial charge in [-0.1, -0.05) is 40.6 Å². The molecular weight excluding hydrogens is 427 g/mol. The van der Waals surface area contributed by atoms with Gasteiger partial charge < -0.3 is 4.42 Å². The van der Waals surface area contributed by atoms with E-state index >= 15 is 0 Å². The number of thiazole rings is 1. The van der Waals surface area contributed by atoms with E-state index in [0.717, 1.165) is 27.7 Å². The number of hydrogen-bond acceptors (Lipinski definition) is 4. The van der Waals surface area contributed by atoms with Crippen molar-refractivity contribution in [2.24, 2.45) is 0 Å². The molecule has 0 saturated carbocycles. The van der Waals surface area contributed by atoms with E-state index in [2.05, 4.69) is 4.98 Å². The molecule has 0 N–H and O–H groups in total. The molecule has 5 rings (SSSR count). The number of benzene rings is 2. The molecule has 0 aliphatic heterocycles. The number of halogens is 2. The summed E-state index contributed by atoms with van der Waals surface area (Å²) in [7, 11) is 0. The molecule has 0 spiro atoms. The molecule has 0 bridgehead atoms. The highest BCUT2D eigenvalue weighted by Crippen LogP contribution is 2.29. The van der Waals surface area contributed by atoms with Crippen LogP contribution in [0.5, 0.6) is 0 Å². The van der Waals surface area contributed by atoms with E-state index in [1.807, 2.05) is 38.1 Å². The van der Waals surface area contributed by atoms with Gasteiger partial charge in [-0.3, -0.25) is 4.79 Å². The SMILES string of the molecule is Cc1ccc2c(nc3sc(=Cc4ccc(-c5cc(Cl)cc(Cl)c5)o4)c(=O)n32)c1C. The highest BCUT2D eigenvalue weighted by Gasteiger charge is 2.14. The van der Waals surface area contributed by atoms with E-state index in [1.165, 1.54) is 11.3 Å². The Bertz CT molecular complexity index is 1510. The van der Waals surface area contributed by atoms with Gasteiger partial charge >= 0.3 is 0 Å². The van der Waals surface area contributed by atoms with Crippen molar-refractivity contribution in [3.05, 3.63) is 84.3 Å². The molecule has 0 atom stereocenters. The van der Waals surface area contributed by atoms with Gasteiger partial charge in [0, 0.05) is 21.7 Å². The van der Waals surface area contributed by atoms with Crippen LogP contribution in [0.4, 0.5) is 0 Å². The minimum atomic E-state index is -0.0977. The molecule has 3 aromatic heterocycles. The Labute approximate surface area is 179 Å². The van der Waals surface area contributed by atoms with E-state index in [9.17, 15) is 4.79 Å². The number of imidazole rings is 1. The van der Waals surface area contributed by atoms with E-state index in [4.69, 9.17) is 27.6 Å². The van der Waals surface area contributed by atoms with Crippen LogP contribution < -0.4 is 10.1 Å². The molecule has 0 amide bonds. The second-order valence-electron chi connectivity index (χ2n) is 6.88. The molecule has 4 nitrogen and oxygen atoms in total. The highest BCUT2D eigenvalue weighted by molar-refractivity contribution is 7.15. The lowest BCUT2D eigenvalue weighted by atomic mass is 10.1. The lowest BCUT2D eigenvalue weighted by molar-refractivity contribution is 0.571. The van der Waals surface area contributed by atoms with Crippen molar-refractivity contribution in [1.82, 2.24) is 9.38 Å². The summed E-state index contributed by atoms with van der Waals surface area (Å²) in [5.74, 6) is 1.21. The van der Waals surface area contributed by atoms with Gasteiger partial charge in [-0.05, 0) is 61.4 Å². The van der Waals surface area contributed by atoms with Gasteiger partial charge in [0.1, 0.15) is 16.1 Å². The summed E-state index contributed by atoms with van der Waals surface area (Å²) >= 11 is 13.5. The summed E-state index contributed by atoms with van der Waals surface area (Å²) < 4.78 is 8.13. The lowest BCUT2D eigenvalue weighted by Crippen LogP contribution is -2.22. The van der Waals surface area contributed by atoms with Crippen LogP contribution >= 0.6 is 34.5 Å². The average molecular weight is 441 g/mol. The Morgan fingerprint density at radius 3 is 2.59 bits per heavy atom. The van der Waals surface area contributed by atoms with E-state index in [1.54, 1.807) is 28.7 Å². The fourth-order valence-electron chi connectivity index (χ4n) is 3.38. The maximum atomic E-state index is 13.0. The van der Waals surface area contributed by atoms with Gasteiger partial charge in [0.05, 0.1) is 11.0 Å². The van der Waals surface area contributed by atoms with Gasteiger partial charge in [0.2, 0.25) is 0 Å². The van der Waals surface area contributed by atoms with Crippen LogP contribution in [0.3, 0.4) is 0 Å². The Morgan fingerprint density at radius 1 is 1.07 bits per heavy atom. The first-order valence-corrected chi connectivity index (χ1v) is 10.5. The Hall–Kier alpha value is -2.60. The second-order valence-corrected chi connectivity index (χ2v) is 8.76. The van der Waals surface area contributed by atoms with Crippen LogP contribution in [0.2, 0.25) is 10.0 Å². The number of nitrogens with zero attached hydrogens (tertiary/aromatic N) is 2. The standard InChI is InChI=1S/C22H14Cl2N2O2S/c1-11-3-5-17-20(12(11)2)25-22-26(17)21(27)19(29-22)10-16-4-6-18(28-16)13-7-14(23)9-15(24)8-13/h3-10H,1-2H3. The number of aromatic nitrogens is 2. The zero-order valence-electron chi connectivity index (χ0n) is 15.5. The minimum Gasteiger partial charge on any atom is -0.457 e. The zero-order valence-corrected chi connectivity index (χ0v) is 17.8. The summed E-state index contributed by atoms with van der Waals surface area (Å²) in [6, 6.07) is 12.8. The van der Waals surface area contributed by atoms with Gasteiger partial charge in [-0.2, -0.15) is 0 Å². The minimum absolute atomic E-state index is 0.0977. The first-order chi connectivity index (χ1) is 13.9. The molecular formula is C22H14Cl2N2O2S. The lowest BCUT2D eigenvalue weighted by Gasteiger charge is -1.99. The predicted octanol–water partition coefficient (Wildman–Crippen LogP) is 5.64. The van der Waals surface area contributed by atoms with Crippen LogP contribution in [-0.4, -0.2) is 9.38 Å². The number of rotatable bonds is 2. The normalized spacial score (nSPS) is 12.5. The first kappa shape index (κ1) is 18.4. The fraction of sp³-hybridized carbons (Fsp3) is 0.0909. The van der Waals surface area contributed by atoms with E-state index in [0.29, 0.717) is 31.1 Å². The molecule has 29 heavy (non-hydrogen) atoms. The highest BCUT2D eigenvalue weighted by atomic mass is 35.5. The zero-order chi connectivity index (χ0) is 20.3. The fourth-order valence-corrected chi connectivity index (χ4v) is 4.86. The summed E-state index contributed by atoms with van der Waals surface area (Å²) in [4.78, 5) is 18.3. The molecule has 3 heterocycles. The van der Waals surface area contributed by atoms with Crippen LogP contribution in [0.15, 0.2) is 51.7 Å². The van der Waals surface area contributed by atoms with Gasteiger partial charge in [0.25, 0.3) is 5.56 Å². The van der Waals surface area contributed by atoms with Crippen LogP contribution in [0.25, 0.3) is 33.4 Å². The third-order valence-corrected chi connectivity index (χ3v) is 6.39. The van der Waals surface area contributed by atoms with Crippen molar-refractivity contribution in [2.75, 3.05) is 0 Å². The Kier molecular flexibility index (Phi) is 4.28. The first-order valence-electron chi connectivity index (χ1n) is 8.90. The van der Waals surface area contributed by atoms with Crippen LogP contribution in [-0.2, 0) is 0 Å². The average Bonchev–Trinajstić information content (AvgIpc) is 3.34. The summed E-state index contributed by atoms with van der Waals surface area (Å²) in [5.41, 5.74) is 4.64. The number of furan rings is 1. The van der Waals surface area contributed by atoms with Crippen molar-refractivity contribution < 1.29 is 4.42 Å². The summed E-state index contributed by atoms with van der Waals surface area (Å²) in [5, 5.41) is 1.07. The molecule has 0 aliphatic rings. The van der Waals surface area contributed by atoms with Crippen molar-refractivity contribution in [2.45, 2.75) is 13.8 Å². The maximum Gasteiger partial charge on any atom is 0.275 e. The van der Waals surface area contributed by atoms with Crippen LogP contribution in [0.1, 0.15) is 16.9 Å². The van der Waals surface area contributed by atoms with Crippen molar-refractivity contribution >= 4 is 56.6 Å². The molecule has 0 radical (unpaired) electrons. The van der Waals surface area contributed by atoms with Crippen LogP contribution in [0, 0.1) is 13.8 Å². The Balaban J connectivity index is 1.63. The van der Waals surface area contributed by atoms with Crippen molar-refractivity contribution in [3.63, 3.8) is 0 Å². The van der Waals surface area contributed by atoms with Gasteiger partial charge in [-0.15, -0.1) is 0 Å². The number of aryl methyl sites for hydroxylation is 2. The summed E-state index contributed by atoms with van der Waals surface area (Å²) in [6.45, 7) is 4.07. The molecule has 0 unspecified atom stereocenters. The molecule has 7 heteroatoms. The second kappa shape index (κ2) is 6.73. The quantitative estimate of drug-likeness (QED) is 0.356. The molecule has 144 valence electrons. The predicted molar refractivity (Wildman–Crippen MR) is 119 cm³/mol. The number of fused-ring (bicyclic) bond motifs is 3. The molecule has 0 saturated heterocycles. The smallest absolute Gasteiger partial charge is 0.275 e. The maximum absolute atomic E-state index is 13.0. The topological polar surface area (TPSA) is 47.5 Å². The molecule has 0 fully saturated rings. The van der Waals surface area contributed by atoms with Gasteiger partial charge in [0.15, 0.2) is 4.96 Å². The monoisotopic (exact) mass is 440 g/mol. The third-order valence-electron chi connectivity index (χ3n) is 4.98. The van der Waals surface area contributed by atoms with E-state index < -0.39 is 0 Å². The third kappa shape index (κ3) is 3.06. The Morgan fingerprint density at radius 2 is 1.83 bits per heavy atom. The largest absolute Gasteiger partial charge is 0.457 e.